The van der Waals surface area contributed by atoms with Crippen molar-refractivity contribution in [2.45, 2.75) is 38.0 Å². The number of halogens is 1. The van der Waals surface area contributed by atoms with Crippen LogP contribution >= 0.6 is 23.8 Å². The van der Waals surface area contributed by atoms with Crippen LogP contribution in [0.5, 0.6) is 0 Å². The Balaban J connectivity index is 1.17. The summed E-state index contributed by atoms with van der Waals surface area (Å²) in [4.78, 5) is 17.2. The Morgan fingerprint density at radius 3 is 2.30 bits per heavy atom. The van der Waals surface area contributed by atoms with Gasteiger partial charge in [-0.05, 0) is 73.6 Å². The predicted octanol–water partition coefficient (Wildman–Crippen LogP) is 5.73. The Kier molecular flexibility index (Phi) is 9.50. The van der Waals surface area contributed by atoms with Crippen LogP contribution in [-0.2, 0) is 10.2 Å². The number of piperazine rings is 1. The maximum Gasteiger partial charge on any atom is 0.232 e. The van der Waals surface area contributed by atoms with Gasteiger partial charge in [-0.1, -0.05) is 48.9 Å². The average molecular weight is 620 g/mol. The highest BCUT2D eigenvalue weighted by atomic mass is 35.5. The molecule has 1 aromatic heterocycles. The van der Waals surface area contributed by atoms with Crippen molar-refractivity contribution in [3.8, 4) is 0 Å². The second kappa shape index (κ2) is 13.7. The van der Waals surface area contributed by atoms with Crippen molar-refractivity contribution in [1.29, 1.82) is 0 Å². The number of aromatic nitrogens is 2. The number of piperidine rings is 1. The van der Waals surface area contributed by atoms with E-state index in [2.05, 4.69) is 80.8 Å². The topological polar surface area (TPSA) is 68.8 Å². The van der Waals surface area contributed by atoms with E-state index < -0.39 is 0 Å². The minimum absolute atomic E-state index is 0.0786. The zero-order valence-corrected chi connectivity index (χ0v) is 26.5. The molecule has 4 heterocycles. The lowest BCUT2D eigenvalue weighted by atomic mass is 9.74. The fourth-order valence-corrected chi connectivity index (χ4v) is 6.85. The van der Waals surface area contributed by atoms with E-state index in [-0.39, 0.29) is 5.41 Å². The second-order valence-corrected chi connectivity index (χ2v) is 13.0. The molecule has 0 spiro atoms. The average Bonchev–Trinajstić information content (AvgIpc) is 3.05. The molecule has 1 atom stereocenters. The molecule has 0 unspecified atom stereocenters. The molecule has 8 nitrogen and oxygen atoms in total. The maximum atomic E-state index is 6.20. The SMILES string of the molecule is C[C@H]1CCCN(c2cc(N3CCN(c4ccccc4)CC3)nc(NC(=S)NCC3(c4ccc(Cl)cc4)CCOCC3)n2)C1. The number of nitrogens with zero attached hydrogens (tertiary/aromatic N) is 5. The van der Waals surface area contributed by atoms with Crippen molar-refractivity contribution < 1.29 is 4.74 Å². The first-order valence-electron chi connectivity index (χ1n) is 15.6. The molecule has 3 aliphatic heterocycles. The minimum atomic E-state index is -0.0786. The number of hydrogen-bond donors (Lipinski definition) is 2. The van der Waals surface area contributed by atoms with E-state index >= 15 is 0 Å². The molecule has 3 fully saturated rings. The van der Waals surface area contributed by atoms with Crippen LogP contribution in [0.3, 0.4) is 0 Å². The number of ether oxygens (including phenoxy) is 1. The van der Waals surface area contributed by atoms with Crippen LogP contribution in [0.25, 0.3) is 0 Å². The highest BCUT2D eigenvalue weighted by molar-refractivity contribution is 7.80. The van der Waals surface area contributed by atoms with Gasteiger partial charge in [-0.3, -0.25) is 0 Å². The first-order valence-corrected chi connectivity index (χ1v) is 16.3. The van der Waals surface area contributed by atoms with Gasteiger partial charge in [0.2, 0.25) is 5.95 Å². The quantitative estimate of drug-likeness (QED) is 0.323. The monoisotopic (exact) mass is 619 g/mol. The number of thiocarbonyl (C=S) groups is 1. The normalized spacial score (nSPS) is 20.5. The third-order valence-electron chi connectivity index (χ3n) is 9.12. The highest BCUT2D eigenvalue weighted by Crippen LogP contribution is 2.35. The molecule has 0 radical (unpaired) electrons. The Bertz CT molecular complexity index is 1360. The number of rotatable bonds is 7. The molecule has 228 valence electrons. The highest BCUT2D eigenvalue weighted by Gasteiger charge is 2.34. The van der Waals surface area contributed by atoms with Crippen LogP contribution in [0.2, 0.25) is 5.02 Å². The van der Waals surface area contributed by atoms with Gasteiger partial charge >= 0.3 is 0 Å². The third kappa shape index (κ3) is 7.33. The summed E-state index contributed by atoms with van der Waals surface area (Å²) in [5.41, 5.74) is 2.45. The van der Waals surface area contributed by atoms with Gasteiger partial charge in [0.1, 0.15) is 11.6 Å². The Morgan fingerprint density at radius 1 is 0.930 bits per heavy atom. The van der Waals surface area contributed by atoms with E-state index in [1.165, 1.54) is 24.1 Å². The molecule has 3 aliphatic rings. The first-order chi connectivity index (χ1) is 21.0. The van der Waals surface area contributed by atoms with Crippen LogP contribution in [0.4, 0.5) is 23.3 Å². The van der Waals surface area contributed by atoms with E-state index in [1.54, 1.807) is 0 Å². The Labute approximate surface area is 265 Å². The van der Waals surface area contributed by atoms with Gasteiger partial charge in [-0.15, -0.1) is 0 Å². The fourth-order valence-electron chi connectivity index (χ4n) is 6.56. The molecule has 2 N–H and O–H groups in total. The lowest BCUT2D eigenvalue weighted by Crippen LogP contribution is -2.47. The summed E-state index contributed by atoms with van der Waals surface area (Å²) in [7, 11) is 0. The summed E-state index contributed by atoms with van der Waals surface area (Å²) in [6.07, 6.45) is 4.27. The van der Waals surface area contributed by atoms with E-state index in [0.717, 1.165) is 82.0 Å². The number of anilines is 4. The summed E-state index contributed by atoms with van der Waals surface area (Å²) >= 11 is 12.0. The molecular formula is C33H42ClN7OS. The Hall–Kier alpha value is -3.14. The van der Waals surface area contributed by atoms with Crippen molar-refractivity contribution in [2.75, 3.05) is 79.0 Å². The zero-order valence-electron chi connectivity index (χ0n) is 25.0. The van der Waals surface area contributed by atoms with Gasteiger partial charge in [0.05, 0.1) is 0 Å². The van der Waals surface area contributed by atoms with Gasteiger partial charge in [-0.2, -0.15) is 9.97 Å². The molecular weight excluding hydrogens is 578 g/mol. The number of benzene rings is 2. The largest absolute Gasteiger partial charge is 0.381 e. The summed E-state index contributed by atoms with van der Waals surface area (Å²) in [5, 5.41) is 8.12. The molecule has 0 saturated carbocycles. The second-order valence-electron chi connectivity index (χ2n) is 12.1. The van der Waals surface area contributed by atoms with E-state index in [9.17, 15) is 0 Å². The molecule has 0 aliphatic carbocycles. The molecule has 3 aromatic rings. The zero-order chi connectivity index (χ0) is 29.6. The maximum absolute atomic E-state index is 6.20. The smallest absolute Gasteiger partial charge is 0.232 e. The lowest BCUT2D eigenvalue weighted by Gasteiger charge is -2.38. The van der Waals surface area contributed by atoms with Crippen LogP contribution in [0.15, 0.2) is 60.7 Å². The summed E-state index contributed by atoms with van der Waals surface area (Å²) in [5.74, 6) is 3.10. The molecule has 0 amide bonds. The molecule has 3 saturated heterocycles. The molecule has 2 aromatic carbocycles. The van der Waals surface area contributed by atoms with Crippen molar-refractivity contribution in [3.63, 3.8) is 0 Å². The van der Waals surface area contributed by atoms with Gasteiger partial charge < -0.3 is 30.1 Å². The molecule has 43 heavy (non-hydrogen) atoms. The molecule has 6 rings (SSSR count). The van der Waals surface area contributed by atoms with Gasteiger partial charge in [0, 0.05) is 81.2 Å². The molecule has 10 heteroatoms. The lowest BCUT2D eigenvalue weighted by molar-refractivity contribution is 0.0515. The third-order valence-corrected chi connectivity index (χ3v) is 9.62. The van der Waals surface area contributed by atoms with Gasteiger partial charge in [-0.25, -0.2) is 0 Å². The van der Waals surface area contributed by atoms with Crippen LogP contribution in [-0.4, -0.2) is 74.1 Å². The summed E-state index contributed by atoms with van der Waals surface area (Å²) in [6, 6.07) is 21.0. The minimum Gasteiger partial charge on any atom is -0.381 e. The number of hydrogen-bond acceptors (Lipinski definition) is 7. The van der Waals surface area contributed by atoms with E-state index in [0.29, 0.717) is 23.5 Å². The van der Waals surface area contributed by atoms with Crippen molar-refractivity contribution in [3.05, 3.63) is 71.2 Å². The van der Waals surface area contributed by atoms with Gasteiger partial charge in [0.15, 0.2) is 5.11 Å². The standard InChI is InChI=1S/C33H42ClN7OS/c1-25-6-5-15-41(23-25)30-22-29(40-18-16-39(17-19-40)28-7-3-2-4-8-28)36-31(37-30)38-32(43)35-24-33(13-20-42-21-14-33)26-9-11-27(34)12-10-26/h2-4,7-12,22,25H,5-6,13-21,23-24H2,1H3,(H2,35,36,37,38,43)/t25-/m0/s1. The Morgan fingerprint density at radius 2 is 1.60 bits per heavy atom. The van der Waals surface area contributed by atoms with Crippen LogP contribution < -0.4 is 25.3 Å². The number of nitrogens with one attached hydrogen (secondary N) is 2. The van der Waals surface area contributed by atoms with E-state index in [1.807, 2.05) is 12.1 Å². The fraction of sp³-hybridized carbons (Fsp3) is 0.485. The van der Waals surface area contributed by atoms with Crippen molar-refractivity contribution in [1.82, 2.24) is 15.3 Å². The summed E-state index contributed by atoms with van der Waals surface area (Å²) < 4.78 is 5.72. The van der Waals surface area contributed by atoms with Crippen LogP contribution in [0, 0.1) is 5.92 Å². The predicted molar refractivity (Wildman–Crippen MR) is 181 cm³/mol. The first kappa shape index (κ1) is 29.9. The summed E-state index contributed by atoms with van der Waals surface area (Å²) in [6.45, 7) is 10.2. The van der Waals surface area contributed by atoms with Crippen molar-refractivity contribution >= 4 is 52.2 Å². The van der Waals surface area contributed by atoms with Crippen molar-refractivity contribution in [2.24, 2.45) is 5.92 Å². The van der Waals surface area contributed by atoms with Crippen LogP contribution in [0.1, 0.15) is 38.2 Å². The molecule has 0 bridgehead atoms. The number of para-hydroxylation sites is 1. The van der Waals surface area contributed by atoms with Gasteiger partial charge in [0.25, 0.3) is 0 Å². The van der Waals surface area contributed by atoms with E-state index in [4.69, 9.17) is 38.5 Å².